The van der Waals surface area contributed by atoms with Crippen molar-refractivity contribution in [2.45, 2.75) is 58.4 Å². The van der Waals surface area contributed by atoms with Gasteiger partial charge in [0.05, 0.1) is 0 Å². The van der Waals surface area contributed by atoms with Crippen LogP contribution in [-0.2, 0) is 0 Å². The molecule has 3 unspecified atom stereocenters. The predicted molar refractivity (Wildman–Crippen MR) is 81.1 cm³/mol. The van der Waals surface area contributed by atoms with E-state index in [9.17, 15) is 0 Å². The van der Waals surface area contributed by atoms with E-state index in [0.717, 1.165) is 11.8 Å². The molecule has 0 aromatic carbocycles. The first-order chi connectivity index (χ1) is 9.48. The lowest BCUT2D eigenvalue weighted by molar-refractivity contribution is -0.113. The van der Waals surface area contributed by atoms with Gasteiger partial charge in [0.1, 0.15) is 0 Å². The maximum absolute atomic E-state index is 6.78. The summed E-state index contributed by atoms with van der Waals surface area (Å²) in [5.74, 6) is 1.87. The van der Waals surface area contributed by atoms with Crippen molar-refractivity contribution >= 4 is 0 Å². The highest BCUT2D eigenvalue weighted by Gasteiger charge is 2.57. The van der Waals surface area contributed by atoms with E-state index in [1.165, 1.54) is 49.7 Å². The first-order valence-electron chi connectivity index (χ1n) is 8.15. The number of hydrogen-bond acceptors (Lipinski definition) is 2. The Labute approximate surface area is 122 Å². The fraction of sp³-hybridized carbons (Fsp3) is 0.722. The summed E-state index contributed by atoms with van der Waals surface area (Å²) in [5.41, 5.74) is 10.2. The highest BCUT2D eigenvalue weighted by Crippen LogP contribution is 2.67. The molecule has 0 amide bonds. The molecule has 3 atom stereocenters. The summed E-state index contributed by atoms with van der Waals surface area (Å²) in [5, 5.41) is 0. The van der Waals surface area contributed by atoms with Crippen LogP contribution in [0.2, 0.25) is 0 Å². The number of nitrogens with zero attached hydrogens (tertiary/aromatic N) is 1. The van der Waals surface area contributed by atoms with E-state index in [2.05, 4.69) is 24.9 Å². The van der Waals surface area contributed by atoms with Crippen molar-refractivity contribution in [1.82, 2.24) is 4.98 Å². The zero-order valence-corrected chi connectivity index (χ0v) is 12.7. The van der Waals surface area contributed by atoms with Crippen LogP contribution in [0.5, 0.6) is 0 Å². The van der Waals surface area contributed by atoms with Gasteiger partial charge in [0, 0.05) is 18.4 Å². The summed E-state index contributed by atoms with van der Waals surface area (Å²) in [6.07, 6.45) is 12.3. The average Bonchev–Trinajstić information content (AvgIpc) is 2.35. The highest BCUT2D eigenvalue weighted by molar-refractivity contribution is 5.24. The van der Waals surface area contributed by atoms with Gasteiger partial charge in [-0.05, 0) is 79.2 Å². The van der Waals surface area contributed by atoms with Crippen molar-refractivity contribution in [3.63, 3.8) is 0 Å². The van der Waals surface area contributed by atoms with Gasteiger partial charge in [-0.3, -0.25) is 4.98 Å². The van der Waals surface area contributed by atoms with Gasteiger partial charge >= 0.3 is 0 Å². The van der Waals surface area contributed by atoms with Crippen LogP contribution in [0.3, 0.4) is 0 Å². The SMILES string of the molecule is Cc1cncc(C(N)C23CC4CC(CC(C)(C4)C2)C3)c1. The molecule has 1 aromatic rings. The van der Waals surface area contributed by atoms with Crippen LogP contribution >= 0.6 is 0 Å². The quantitative estimate of drug-likeness (QED) is 0.882. The van der Waals surface area contributed by atoms with E-state index in [1.807, 2.05) is 12.4 Å². The molecule has 4 bridgehead atoms. The Morgan fingerprint density at radius 1 is 1.20 bits per heavy atom. The second-order valence-corrected chi connectivity index (χ2v) is 8.41. The van der Waals surface area contributed by atoms with E-state index in [1.54, 1.807) is 0 Å². The van der Waals surface area contributed by atoms with Crippen molar-refractivity contribution in [3.8, 4) is 0 Å². The minimum atomic E-state index is 0.181. The number of hydrogen-bond donors (Lipinski definition) is 1. The molecule has 4 saturated carbocycles. The van der Waals surface area contributed by atoms with Crippen LogP contribution in [0.1, 0.15) is 62.6 Å². The fourth-order valence-corrected chi connectivity index (χ4v) is 6.26. The Bertz CT molecular complexity index is 522. The normalized spacial score (nSPS) is 43.8. The minimum absolute atomic E-state index is 0.181. The molecule has 2 heteroatoms. The maximum atomic E-state index is 6.78. The molecule has 2 N–H and O–H groups in total. The zero-order chi connectivity index (χ0) is 14.0. The molecule has 0 spiro atoms. The van der Waals surface area contributed by atoms with E-state index < -0.39 is 0 Å². The summed E-state index contributed by atoms with van der Waals surface area (Å²) in [4.78, 5) is 4.37. The largest absolute Gasteiger partial charge is 0.323 e. The van der Waals surface area contributed by atoms with Crippen molar-refractivity contribution in [2.24, 2.45) is 28.4 Å². The number of rotatable bonds is 2. The smallest absolute Gasteiger partial charge is 0.0367 e. The van der Waals surface area contributed by atoms with Crippen molar-refractivity contribution in [3.05, 3.63) is 29.6 Å². The van der Waals surface area contributed by atoms with Gasteiger partial charge in [0.25, 0.3) is 0 Å². The number of aromatic nitrogens is 1. The number of nitrogens with two attached hydrogens (primary N) is 1. The van der Waals surface area contributed by atoms with Crippen LogP contribution in [0.25, 0.3) is 0 Å². The van der Waals surface area contributed by atoms with Crippen molar-refractivity contribution < 1.29 is 0 Å². The molecular formula is C18H26N2. The molecule has 108 valence electrons. The summed E-state index contributed by atoms with van der Waals surface area (Å²) in [7, 11) is 0. The lowest BCUT2D eigenvalue weighted by Crippen LogP contribution is -2.54. The Hall–Kier alpha value is -0.890. The van der Waals surface area contributed by atoms with Gasteiger partial charge in [0.2, 0.25) is 0 Å². The van der Waals surface area contributed by atoms with E-state index >= 15 is 0 Å². The Morgan fingerprint density at radius 2 is 1.90 bits per heavy atom. The number of aryl methyl sites for hydroxylation is 1. The average molecular weight is 270 g/mol. The first kappa shape index (κ1) is 12.8. The molecule has 4 aliphatic carbocycles. The van der Waals surface area contributed by atoms with Crippen LogP contribution in [0.15, 0.2) is 18.5 Å². The summed E-state index contributed by atoms with van der Waals surface area (Å²) in [6.45, 7) is 4.63. The summed E-state index contributed by atoms with van der Waals surface area (Å²) >= 11 is 0. The monoisotopic (exact) mass is 270 g/mol. The van der Waals surface area contributed by atoms with Gasteiger partial charge in [-0.15, -0.1) is 0 Å². The van der Waals surface area contributed by atoms with Crippen LogP contribution < -0.4 is 5.73 Å². The molecule has 5 rings (SSSR count). The van der Waals surface area contributed by atoms with Gasteiger partial charge < -0.3 is 5.73 Å². The van der Waals surface area contributed by atoms with Crippen molar-refractivity contribution in [2.75, 3.05) is 0 Å². The lowest BCUT2D eigenvalue weighted by atomic mass is 9.43. The second kappa shape index (κ2) is 4.07. The van der Waals surface area contributed by atoms with Crippen molar-refractivity contribution in [1.29, 1.82) is 0 Å². The van der Waals surface area contributed by atoms with Gasteiger partial charge in [0.15, 0.2) is 0 Å². The Kier molecular flexibility index (Phi) is 2.61. The van der Waals surface area contributed by atoms with Gasteiger partial charge in [-0.25, -0.2) is 0 Å². The van der Waals surface area contributed by atoms with E-state index in [-0.39, 0.29) is 6.04 Å². The third-order valence-electron chi connectivity index (χ3n) is 6.31. The topological polar surface area (TPSA) is 38.9 Å². The molecule has 4 aliphatic rings. The molecule has 1 aromatic heterocycles. The van der Waals surface area contributed by atoms with Crippen LogP contribution in [-0.4, -0.2) is 4.98 Å². The zero-order valence-electron chi connectivity index (χ0n) is 12.7. The van der Waals surface area contributed by atoms with E-state index in [4.69, 9.17) is 5.73 Å². The second-order valence-electron chi connectivity index (χ2n) is 8.41. The predicted octanol–water partition coefficient (Wildman–Crippen LogP) is 4.00. The summed E-state index contributed by atoms with van der Waals surface area (Å²) in [6, 6.07) is 2.43. The van der Waals surface area contributed by atoms with Crippen LogP contribution in [0.4, 0.5) is 0 Å². The van der Waals surface area contributed by atoms with E-state index in [0.29, 0.717) is 10.8 Å². The Morgan fingerprint density at radius 3 is 2.50 bits per heavy atom. The molecule has 0 saturated heterocycles. The Balaban J connectivity index is 1.70. The van der Waals surface area contributed by atoms with Gasteiger partial charge in [-0.2, -0.15) is 0 Å². The van der Waals surface area contributed by atoms with Gasteiger partial charge in [-0.1, -0.05) is 13.0 Å². The number of pyridine rings is 1. The molecular weight excluding hydrogens is 244 g/mol. The standard InChI is InChI=1S/C18H26N2/c1-12-3-15(10-20-9-12)16(19)18-7-13-4-14(8-18)6-17(2,5-13)11-18/h3,9-10,13-14,16H,4-8,11,19H2,1-2H3. The van der Waals surface area contributed by atoms with Crippen LogP contribution in [0, 0.1) is 29.6 Å². The minimum Gasteiger partial charge on any atom is -0.323 e. The molecule has 0 radical (unpaired) electrons. The molecule has 2 nitrogen and oxygen atoms in total. The molecule has 0 aliphatic heterocycles. The summed E-state index contributed by atoms with van der Waals surface area (Å²) < 4.78 is 0. The third kappa shape index (κ3) is 1.84. The lowest BCUT2D eigenvalue weighted by Gasteiger charge is -2.63. The highest BCUT2D eigenvalue weighted by atomic mass is 14.8. The molecule has 20 heavy (non-hydrogen) atoms. The maximum Gasteiger partial charge on any atom is 0.0367 e. The first-order valence-corrected chi connectivity index (χ1v) is 8.15. The molecule has 1 heterocycles. The third-order valence-corrected chi connectivity index (χ3v) is 6.31. The fourth-order valence-electron chi connectivity index (χ4n) is 6.26. The molecule has 4 fully saturated rings.